The molecule has 0 heterocycles. The maximum atomic E-state index is 8.74. The molecule has 4 nitrogen and oxygen atoms in total. The van der Waals surface area contributed by atoms with Crippen LogP contribution in [0, 0.1) is 0 Å². The molecule has 0 aliphatic rings. The van der Waals surface area contributed by atoms with Gasteiger partial charge in [-0.2, -0.15) is 0 Å². The Kier molecular flexibility index (Phi) is 4.93. The van der Waals surface area contributed by atoms with Gasteiger partial charge in [-0.05, 0) is 28.1 Å². The van der Waals surface area contributed by atoms with Crippen molar-refractivity contribution in [3.8, 4) is 0 Å². The molecule has 4 N–H and O–H groups in total. The van der Waals surface area contributed by atoms with Crippen molar-refractivity contribution in [2.24, 2.45) is 10.9 Å². The highest BCUT2D eigenvalue weighted by Crippen LogP contribution is 2.28. The Morgan fingerprint density at radius 3 is 2.87 bits per heavy atom. The lowest BCUT2D eigenvalue weighted by atomic mass is 10.2. The summed E-state index contributed by atoms with van der Waals surface area (Å²) >= 11 is 4.79. The molecule has 1 aromatic rings. The zero-order chi connectivity index (χ0) is 11.3. The number of rotatable bonds is 4. The van der Waals surface area contributed by atoms with Crippen LogP contribution < -0.4 is 5.73 Å². The van der Waals surface area contributed by atoms with E-state index >= 15 is 0 Å². The number of oxime groups is 1. The summed E-state index contributed by atoms with van der Waals surface area (Å²) in [7, 11) is 0. The fraction of sp³-hybridized carbons (Fsp3) is 0.222. The predicted octanol–water partition coefficient (Wildman–Crippen LogP) is 1.63. The molecule has 6 heteroatoms. The first-order chi connectivity index (χ1) is 7.20. The molecule has 0 aliphatic carbocycles. The standard InChI is InChI=1S/C9H11BrN2O2S/c10-6-2-1-3-7(15-5-4-13)8(6)9(11)12-14/h1-3,13-14H,4-5H2,(H2,11,12). The summed E-state index contributed by atoms with van der Waals surface area (Å²) in [6.45, 7) is 0.0901. The zero-order valence-corrected chi connectivity index (χ0v) is 10.3. The first-order valence-corrected chi connectivity index (χ1v) is 5.98. The Morgan fingerprint density at radius 2 is 2.27 bits per heavy atom. The van der Waals surface area contributed by atoms with E-state index in [1.807, 2.05) is 18.2 Å². The molecule has 0 bridgehead atoms. The van der Waals surface area contributed by atoms with Gasteiger partial charge in [0.1, 0.15) is 0 Å². The van der Waals surface area contributed by atoms with Crippen molar-refractivity contribution in [3.05, 3.63) is 28.2 Å². The van der Waals surface area contributed by atoms with E-state index in [2.05, 4.69) is 21.1 Å². The first kappa shape index (κ1) is 12.4. The van der Waals surface area contributed by atoms with Crippen LogP contribution >= 0.6 is 27.7 Å². The van der Waals surface area contributed by atoms with Gasteiger partial charge in [0.15, 0.2) is 5.84 Å². The van der Waals surface area contributed by atoms with Gasteiger partial charge in [0, 0.05) is 20.7 Å². The molecular weight excluding hydrogens is 280 g/mol. The third-order valence-corrected chi connectivity index (χ3v) is 3.39. The van der Waals surface area contributed by atoms with E-state index in [1.165, 1.54) is 11.8 Å². The lowest BCUT2D eigenvalue weighted by Gasteiger charge is -2.08. The van der Waals surface area contributed by atoms with Crippen molar-refractivity contribution in [1.82, 2.24) is 0 Å². The summed E-state index contributed by atoms with van der Waals surface area (Å²) in [6.07, 6.45) is 0. The van der Waals surface area contributed by atoms with Gasteiger partial charge in [-0.3, -0.25) is 0 Å². The largest absolute Gasteiger partial charge is 0.409 e. The number of benzene rings is 1. The van der Waals surface area contributed by atoms with Gasteiger partial charge in [0.2, 0.25) is 0 Å². The Labute approximate surface area is 100 Å². The molecule has 0 unspecified atom stereocenters. The summed E-state index contributed by atoms with van der Waals surface area (Å²) in [5.74, 6) is 0.630. The van der Waals surface area contributed by atoms with Gasteiger partial charge < -0.3 is 16.0 Å². The average molecular weight is 291 g/mol. The number of aliphatic hydroxyl groups excluding tert-OH is 1. The molecule has 82 valence electrons. The van der Waals surface area contributed by atoms with Gasteiger partial charge in [-0.15, -0.1) is 11.8 Å². The highest BCUT2D eigenvalue weighted by Gasteiger charge is 2.11. The Balaban J connectivity index is 3.09. The van der Waals surface area contributed by atoms with Crippen LogP contribution in [0.1, 0.15) is 5.56 Å². The number of thioether (sulfide) groups is 1. The summed E-state index contributed by atoms with van der Waals surface area (Å²) in [4.78, 5) is 0.869. The second kappa shape index (κ2) is 5.99. The quantitative estimate of drug-likeness (QED) is 0.259. The Hall–Kier alpha value is -0.720. The summed E-state index contributed by atoms with van der Waals surface area (Å²) in [6, 6.07) is 5.53. The number of hydrogen-bond acceptors (Lipinski definition) is 4. The monoisotopic (exact) mass is 290 g/mol. The van der Waals surface area contributed by atoms with E-state index in [0.29, 0.717) is 11.3 Å². The lowest BCUT2D eigenvalue weighted by molar-refractivity contribution is 0.318. The van der Waals surface area contributed by atoms with Gasteiger partial charge >= 0.3 is 0 Å². The normalized spacial score (nSPS) is 11.7. The topological polar surface area (TPSA) is 78.8 Å². The van der Waals surface area contributed by atoms with E-state index in [0.717, 1.165) is 9.37 Å². The molecule has 0 aromatic heterocycles. The van der Waals surface area contributed by atoms with E-state index in [-0.39, 0.29) is 12.4 Å². The van der Waals surface area contributed by atoms with E-state index < -0.39 is 0 Å². The van der Waals surface area contributed by atoms with E-state index in [1.54, 1.807) is 0 Å². The van der Waals surface area contributed by atoms with Crippen molar-refractivity contribution in [1.29, 1.82) is 0 Å². The fourth-order valence-electron chi connectivity index (χ4n) is 1.08. The smallest absolute Gasteiger partial charge is 0.172 e. The fourth-order valence-corrected chi connectivity index (χ4v) is 2.62. The molecule has 0 saturated heterocycles. The molecule has 0 fully saturated rings. The van der Waals surface area contributed by atoms with Crippen molar-refractivity contribution in [3.63, 3.8) is 0 Å². The Morgan fingerprint density at radius 1 is 1.53 bits per heavy atom. The van der Waals surface area contributed by atoms with Crippen LogP contribution in [0.15, 0.2) is 32.7 Å². The molecule has 1 rings (SSSR count). The molecule has 0 atom stereocenters. The highest BCUT2D eigenvalue weighted by molar-refractivity contribution is 9.10. The van der Waals surface area contributed by atoms with Crippen LogP contribution in [-0.2, 0) is 0 Å². The number of aliphatic hydroxyl groups is 1. The SMILES string of the molecule is N/C(=N/O)c1c(Br)cccc1SCCO. The second-order valence-corrected chi connectivity index (χ2v) is 4.66. The molecule has 15 heavy (non-hydrogen) atoms. The number of nitrogens with two attached hydrogens (primary N) is 1. The molecule has 0 aliphatic heterocycles. The number of amidine groups is 1. The molecule has 0 spiro atoms. The van der Waals surface area contributed by atoms with Gasteiger partial charge in [-0.1, -0.05) is 11.2 Å². The number of halogens is 1. The minimum atomic E-state index is 0.0583. The van der Waals surface area contributed by atoms with Crippen molar-refractivity contribution in [2.45, 2.75) is 4.90 Å². The Bertz CT molecular complexity index is 371. The minimum absolute atomic E-state index is 0.0583. The third-order valence-electron chi connectivity index (χ3n) is 1.69. The van der Waals surface area contributed by atoms with Gasteiger partial charge in [-0.25, -0.2) is 0 Å². The van der Waals surface area contributed by atoms with Crippen molar-refractivity contribution >= 4 is 33.5 Å². The van der Waals surface area contributed by atoms with Crippen LogP contribution in [0.4, 0.5) is 0 Å². The van der Waals surface area contributed by atoms with Crippen LogP contribution in [0.3, 0.4) is 0 Å². The van der Waals surface area contributed by atoms with Crippen LogP contribution in [0.5, 0.6) is 0 Å². The summed E-state index contributed by atoms with van der Waals surface area (Å²) in [5, 5.41) is 20.4. The molecule has 1 aromatic carbocycles. The van der Waals surface area contributed by atoms with E-state index in [4.69, 9.17) is 16.0 Å². The number of nitrogens with zero attached hydrogens (tertiary/aromatic N) is 1. The predicted molar refractivity (Wildman–Crippen MR) is 64.5 cm³/mol. The number of hydrogen-bond donors (Lipinski definition) is 3. The lowest BCUT2D eigenvalue weighted by Crippen LogP contribution is -2.15. The van der Waals surface area contributed by atoms with Crippen molar-refractivity contribution < 1.29 is 10.3 Å². The van der Waals surface area contributed by atoms with Gasteiger partial charge in [0.05, 0.1) is 6.61 Å². The molecule has 0 radical (unpaired) electrons. The molecule has 0 saturated carbocycles. The molecular formula is C9H11BrN2O2S. The zero-order valence-electron chi connectivity index (χ0n) is 7.85. The minimum Gasteiger partial charge on any atom is -0.409 e. The maximum Gasteiger partial charge on any atom is 0.172 e. The van der Waals surface area contributed by atoms with Crippen LogP contribution in [0.2, 0.25) is 0 Å². The molecule has 0 amide bonds. The highest BCUT2D eigenvalue weighted by atomic mass is 79.9. The summed E-state index contributed by atoms with van der Waals surface area (Å²) < 4.78 is 0.765. The first-order valence-electron chi connectivity index (χ1n) is 4.20. The average Bonchev–Trinajstić information content (AvgIpc) is 2.25. The maximum absolute atomic E-state index is 8.74. The second-order valence-electron chi connectivity index (χ2n) is 2.67. The summed E-state index contributed by atoms with van der Waals surface area (Å²) in [5.41, 5.74) is 6.21. The van der Waals surface area contributed by atoms with Gasteiger partial charge in [0.25, 0.3) is 0 Å². The van der Waals surface area contributed by atoms with Crippen LogP contribution in [0.25, 0.3) is 0 Å². The van der Waals surface area contributed by atoms with E-state index in [9.17, 15) is 0 Å². The van der Waals surface area contributed by atoms with Crippen molar-refractivity contribution in [2.75, 3.05) is 12.4 Å². The third kappa shape index (κ3) is 3.12. The van der Waals surface area contributed by atoms with Crippen LogP contribution in [-0.4, -0.2) is 28.5 Å².